The molecule has 0 radical (unpaired) electrons. The standard InChI is InChI=1S/C14H22O3S/c1-8-9(2)17-10(3)11-6-7-14(4,5)13(12(8)11)18(15)16/h10,13H,6-7H2,1-5H3,(H,15,16)/p-1. The molecule has 1 heterocycles. The molecule has 0 aromatic rings. The summed E-state index contributed by atoms with van der Waals surface area (Å²) in [5.74, 6) is 0.856. The van der Waals surface area contributed by atoms with Crippen LogP contribution in [0, 0.1) is 5.41 Å². The summed E-state index contributed by atoms with van der Waals surface area (Å²) in [5.41, 5.74) is 2.98. The minimum atomic E-state index is -2.09. The van der Waals surface area contributed by atoms with Crippen molar-refractivity contribution in [1.29, 1.82) is 0 Å². The Morgan fingerprint density at radius 3 is 2.56 bits per heavy atom. The quantitative estimate of drug-likeness (QED) is 0.687. The van der Waals surface area contributed by atoms with Crippen molar-refractivity contribution in [3.63, 3.8) is 0 Å². The minimum absolute atomic E-state index is 0.00542. The molecular weight excluding hydrogens is 248 g/mol. The molecule has 0 saturated carbocycles. The van der Waals surface area contributed by atoms with Crippen molar-refractivity contribution < 1.29 is 13.5 Å². The van der Waals surface area contributed by atoms with E-state index >= 15 is 0 Å². The van der Waals surface area contributed by atoms with Gasteiger partial charge in [0.15, 0.2) is 0 Å². The fourth-order valence-corrected chi connectivity index (χ4v) is 4.27. The maximum absolute atomic E-state index is 11.7. The lowest BCUT2D eigenvalue weighted by Crippen LogP contribution is -2.42. The van der Waals surface area contributed by atoms with E-state index in [1.807, 2.05) is 34.6 Å². The van der Waals surface area contributed by atoms with Crippen LogP contribution in [0.2, 0.25) is 0 Å². The minimum Gasteiger partial charge on any atom is -0.772 e. The number of hydrogen-bond acceptors (Lipinski definition) is 3. The molecule has 3 unspecified atom stereocenters. The van der Waals surface area contributed by atoms with Crippen LogP contribution >= 0.6 is 0 Å². The molecular formula is C14H21O3S-. The van der Waals surface area contributed by atoms with Crippen LogP contribution in [0.5, 0.6) is 0 Å². The highest BCUT2D eigenvalue weighted by molar-refractivity contribution is 7.80. The lowest BCUT2D eigenvalue weighted by atomic mass is 9.70. The zero-order valence-electron chi connectivity index (χ0n) is 11.7. The summed E-state index contributed by atoms with van der Waals surface area (Å²) in [6, 6.07) is 0. The summed E-state index contributed by atoms with van der Waals surface area (Å²) in [7, 11) is 0. The van der Waals surface area contributed by atoms with E-state index < -0.39 is 16.3 Å². The molecule has 0 saturated heterocycles. The van der Waals surface area contributed by atoms with Crippen molar-refractivity contribution in [2.75, 3.05) is 0 Å². The summed E-state index contributed by atoms with van der Waals surface area (Å²) < 4.78 is 29.2. The Morgan fingerprint density at radius 2 is 2.00 bits per heavy atom. The second-order valence-corrected chi connectivity index (χ2v) is 7.00. The number of hydrogen-bond donors (Lipinski definition) is 0. The molecule has 0 amide bonds. The molecule has 1 aliphatic heterocycles. The van der Waals surface area contributed by atoms with Gasteiger partial charge in [-0.05, 0) is 66.8 Å². The monoisotopic (exact) mass is 269 g/mol. The van der Waals surface area contributed by atoms with E-state index in [2.05, 4.69) is 0 Å². The third kappa shape index (κ3) is 2.05. The fourth-order valence-electron chi connectivity index (χ4n) is 3.11. The van der Waals surface area contributed by atoms with Gasteiger partial charge in [-0.2, -0.15) is 0 Å². The van der Waals surface area contributed by atoms with E-state index in [0.717, 1.165) is 29.7 Å². The number of rotatable bonds is 1. The molecule has 102 valence electrons. The summed E-state index contributed by atoms with van der Waals surface area (Å²) >= 11 is -2.09. The molecule has 1 aliphatic carbocycles. The molecule has 0 N–H and O–H groups in total. The van der Waals surface area contributed by atoms with E-state index in [-0.39, 0.29) is 11.5 Å². The maximum Gasteiger partial charge on any atom is 0.117 e. The molecule has 0 fully saturated rings. The van der Waals surface area contributed by atoms with Crippen LogP contribution in [-0.2, 0) is 15.8 Å². The van der Waals surface area contributed by atoms with Gasteiger partial charge in [0.25, 0.3) is 0 Å². The van der Waals surface area contributed by atoms with Gasteiger partial charge in [0.1, 0.15) is 6.10 Å². The summed E-state index contributed by atoms with van der Waals surface area (Å²) in [5, 5.41) is -0.414. The number of ether oxygens (including phenoxy) is 1. The predicted molar refractivity (Wildman–Crippen MR) is 71.7 cm³/mol. The summed E-state index contributed by atoms with van der Waals surface area (Å²) in [6.07, 6.45) is 1.83. The Bertz CT molecular complexity index is 460. The lowest BCUT2D eigenvalue weighted by molar-refractivity contribution is 0.139. The molecule has 3 nitrogen and oxygen atoms in total. The molecule has 0 bridgehead atoms. The van der Waals surface area contributed by atoms with Gasteiger partial charge in [-0.25, -0.2) is 0 Å². The first-order valence-electron chi connectivity index (χ1n) is 6.41. The Kier molecular flexibility index (Phi) is 3.45. The molecule has 2 rings (SSSR count). The predicted octanol–water partition coefficient (Wildman–Crippen LogP) is 3.06. The zero-order chi connectivity index (χ0) is 13.7. The Morgan fingerprint density at radius 1 is 1.39 bits per heavy atom. The van der Waals surface area contributed by atoms with Gasteiger partial charge in [-0.3, -0.25) is 4.21 Å². The van der Waals surface area contributed by atoms with Gasteiger partial charge < -0.3 is 9.29 Å². The van der Waals surface area contributed by atoms with Crippen molar-refractivity contribution in [2.24, 2.45) is 5.41 Å². The molecule has 0 aromatic heterocycles. The molecule has 2 aliphatic rings. The fraction of sp³-hybridized carbons (Fsp3) is 0.714. The van der Waals surface area contributed by atoms with Crippen molar-refractivity contribution in [3.05, 3.63) is 22.5 Å². The van der Waals surface area contributed by atoms with Gasteiger partial charge in [0.2, 0.25) is 0 Å². The van der Waals surface area contributed by atoms with Crippen LogP contribution < -0.4 is 0 Å². The molecule has 0 spiro atoms. The third-order valence-electron chi connectivity index (χ3n) is 4.33. The first kappa shape index (κ1) is 13.8. The smallest absolute Gasteiger partial charge is 0.117 e. The topological polar surface area (TPSA) is 49.4 Å². The van der Waals surface area contributed by atoms with Crippen LogP contribution in [0.1, 0.15) is 47.5 Å². The Hall–Kier alpha value is -0.610. The Labute approximate surface area is 112 Å². The van der Waals surface area contributed by atoms with Gasteiger partial charge in [-0.1, -0.05) is 13.8 Å². The third-order valence-corrected chi connectivity index (χ3v) is 5.58. The molecule has 3 atom stereocenters. The van der Waals surface area contributed by atoms with Crippen LogP contribution in [-0.4, -0.2) is 20.1 Å². The van der Waals surface area contributed by atoms with E-state index in [1.54, 1.807) is 0 Å². The van der Waals surface area contributed by atoms with Gasteiger partial charge in [0.05, 0.1) is 11.0 Å². The second-order valence-electron chi connectivity index (χ2n) is 6.01. The largest absolute Gasteiger partial charge is 0.772 e. The maximum atomic E-state index is 11.7. The second kappa shape index (κ2) is 4.49. The van der Waals surface area contributed by atoms with E-state index in [1.165, 1.54) is 5.57 Å². The van der Waals surface area contributed by atoms with Crippen molar-refractivity contribution >= 4 is 11.1 Å². The summed E-state index contributed by atoms with van der Waals surface area (Å²) in [6.45, 7) is 9.98. The van der Waals surface area contributed by atoms with Crippen LogP contribution in [0.25, 0.3) is 0 Å². The zero-order valence-corrected chi connectivity index (χ0v) is 12.5. The first-order chi connectivity index (χ1) is 8.25. The van der Waals surface area contributed by atoms with E-state index in [9.17, 15) is 8.76 Å². The average Bonchev–Trinajstić information content (AvgIpc) is 2.23. The highest BCUT2D eigenvalue weighted by Gasteiger charge is 2.42. The van der Waals surface area contributed by atoms with Crippen molar-refractivity contribution in [1.82, 2.24) is 0 Å². The highest BCUT2D eigenvalue weighted by Crippen LogP contribution is 2.47. The van der Waals surface area contributed by atoms with Crippen molar-refractivity contribution in [2.45, 2.75) is 58.8 Å². The molecule has 4 heteroatoms. The van der Waals surface area contributed by atoms with Crippen molar-refractivity contribution in [3.8, 4) is 0 Å². The van der Waals surface area contributed by atoms with E-state index in [4.69, 9.17) is 4.74 Å². The first-order valence-corrected chi connectivity index (χ1v) is 7.55. The molecule has 0 aromatic carbocycles. The molecule has 18 heavy (non-hydrogen) atoms. The van der Waals surface area contributed by atoms with Gasteiger partial charge in [-0.15, -0.1) is 0 Å². The van der Waals surface area contributed by atoms with Crippen LogP contribution in [0.3, 0.4) is 0 Å². The SMILES string of the molecule is CC1=C(C)C2=C(CCC(C)(C)C2S(=O)[O-])C(C)O1. The number of allylic oxidation sites excluding steroid dienone is 2. The van der Waals surface area contributed by atoms with Gasteiger partial charge in [0, 0.05) is 0 Å². The average molecular weight is 269 g/mol. The lowest BCUT2D eigenvalue weighted by Gasteiger charge is -2.46. The normalized spacial score (nSPS) is 33.0. The van der Waals surface area contributed by atoms with Crippen LogP contribution in [0.4, 0.5) is 0 Å². The van der Waals surface area contributed by atoms with Crippen LogP contribution in [0.15, 0.2) is 22.5 Å². The highest BCUT2D eigenvalue weighted by atomic mass is 32.2. The van der Waals surface area contributed by atoms with E-state index in [0.29, 0.717) is 0 Å². The Balaban J connectivity index is 2.61. The van der Waals surface area contributed by atoms with Gasteiger partial charge >= 0.3 is 0 Å². The summed E-state index contributed by atoms with van der Waals surface area (Å²) in [4.78, 5) is 0.